The summed E-state index contributed by atoms with van der Waals surface area (Å²) in [5.74, 6) is 0.600. The fraction of sp³-hybridized carbons (Fsp3) is 0.400. The van der Waals surface area contributed by atoms with Gasteiger partial charge < -0.3 is 5.32 Å². The molecule has 0 radical (unpaired) electrons. The van der Waals surface area contributed by atoms with Crippen LogP contribution in [0.4, 0.5) is 0 Å². The van der Waals surface area contributed by atoms with Crippen LogP contribution in [0.2, 0.25) is 0 Å². The van der Waals surface area contributed by atoms with E-state index in [0.29, 0.717) is 5.92 Å². The maximum atomic E-state index is 4.61. The largest absolute Gasteiger partial charge is 0.312 e. The van der Waals surface area contributed by atoms with Gasteiger partial charge in [-0.2, -0.15) is 0 Å². The second kappa shape index (κ2) is 5.21. The molecule has 0 fully saturated rings. The summed E-state index contributed by atoms with van der Waals surface area (Å²) in [6.45, 7) is 4.10. The van der Waals surface area contributed by atoms with Crippen molar-refractivity contribution in [2.75, 3.05) is 6.54 Å². The molecule has 0 saturated heterocycles. The summed E-state index contributed by atoms with van der Waals surface area (Å²) in [6, 6.07) is 8.78. The number of benzene rings is 1. The third kappa shape index (κ3) is 2.33. The van der Waals surface area contributed by atoms with Crippen molar-refractivity contribution in [1.82, 2.24) is 10.3 Å². The van der Waals surface area contributed by atoms with E-state index in [1.165, 1.54) is 21.0 Å². The van der Waals surface area contributed by atoms with Crippen LogP contribution in [0.1, 0.15) is 33.9 Å². The molecule has 1 heterocycles. The van der Waals surface area contributed by atoms with Crippen LogP contribution in [0.15, 0.2) is 30.5 Å². The van der Waals surface area contributed by atoms with Gasteiger partial charge in [-0.05, 0) is 30.5 Å². The molecule has 1 aromatic heterocycles. The Balaban J connectivity index is 1.72. The SMILES string of the molecule is CCNCc1cnc(C2Cc3ccccc3C2)s1. The van der Waals surface area contributed by atoms with Gasteiger partial charge in [0.25, 0.3) is 0 Å². The van der Waals surface area contributed by atoms with Gasteiger partial charge in [0, 0.05) is 23.5 Å². The summed E-state index contributed by atoms with van der Waals surface area (Å²) >= 11 is 1.87. The fourth-order valence-corrected chi connectivity index (χ4v) is 3.56. The van der Waals surface area contributed by atoms with Crippen LogP contribution in [-0.2, 0) is 19.4 Å². The number of nitrogens with zero attached hydrogens (tertiary/aromatic N) is 1. The molecular formula is C15H18N2S. The number of hydrogen-bond donors (Lipinski definition) is 1. The van der Waals surface area contributed by atoms with Crippen LogP contribution < -0.4 is 5.32 Å². The Kier molecular flexibility index (Phi) is 3.43. The highest BCUT2D eigenvalue weighted by atomic mass is 32.1. The van der Waals surface area contributed by atoms with Crippen molar-refractivity contribution in [3.63, 3.8) is 0 Å². The minimum atomic E-state index is 0.600. The zero-order valence-electron chi connectivity index (χ0n) is 10.6. The summed E-state index contributed by atoms with van der Waals surface area (Å²) in [5.41, 5.74) is 3.01. The zero-order valence-corrected chi connectivity index (χ0v) is 11.5. The Morgan fingerprint density at radius 3 is 2.67 bits per heavy atom. The van der Waals surface area contributed by atoms with Gasteiger partial charge in [0.15, 0.2) is 0 Å². The molecule has 1 N–H and O–H groups in total. The number of hydrogen-bond acceptors (Lipinski definition) is 3. The molecule has 0 bridgehead atoms. The van der Waals surface area contributed by atoms with Gasteiger partial charge in [0.05, 0.1) is 5.01 Å². The first-order valence-electron chi connectivity index (χ1n) is 6.59. The lowest BCUT2D eigenvalue weighted by Gasteiger charge is -2.03. The minimum Gasteiger partial charge on any atom is -0.312 e. The number of rotatable bonds is 4. The van der Waals surface area contributed by atoms with Crippen LogP contribution >= 0.6 is 11.3 Å². The lowest BCUT2D eigenvalue weighted by Crippen LogP contribution is -2.10. The molecule has 1 aliphatic carbocycles. The number of nitrogens with one attached hydrogen (secondary N) is 1. The van der Waals surface area contributed by atoms with E-state index < -0.39 is 0 Å². The van der Waals surface area contributed by atoms with E-state index in [1.807, 2.05) is 17.5 Å². The van der Waals surface area contributed by atoms with Crippen molar-refractivity contribution in [3.05, 3.63) is 51.5 Å². The van der Waals surface area contributed by atoms with Gasteiger partial charge in [-0.3, -0.25) is 0 Å². The quantitative estimate of drug-likeness (QED) is 0.911. The van der Waals surface area contributed by atoms with E-state index in [-0.39, 0.29) is 0 Å². The number of aromatic nitrogens is 1. The van der Waals surface area contributed by atoms with Crippen molar-refractivity contribution in [2.24, 2.45) is 0 Å². The normalized spacial score (nSPS) is 14.9. The first-order valence-corrected chi connectivity index (χ1v) is 7.40. The maximum Gasteiger partial charge on any atom is 0.0965 e. The van der Waals surface area contributed by atoms with E-state index in [2.05, 4.69) is 41.5 Å². The molecule has 3 heteroatoms. The van der Waals surface area contributed by atoms with Crippen LogP contribution in [-0.4, -0.2) is 11.5 Å². The topological polar surface area (TPSA) is 24.9 Å². The molecule has 2 aromatic rings. The minimum absolute atomic E-state index is 0.600. The van der Waals surface area contributed by atoms with Crippen molar-refractivity contribution in [1.29, 1.82) is 0 Å². The summed E-state index contributed by atoms with van der Waals surface area (Å²) in [7, 11) is 0. The van der Waals surface area contributed by atoms with Crippen molar-refractivity contribution in [3.8, 4) is 0 Å². The van der Waals surface area contributed by atoms with E-state index >= 15 is 0 Å². The molecule has 0 unspecified atom stereocenters. The molecule has 3 rings (SSSR count). The predicted octanol–water partition coefficient (Wildman–Crippen LogP) is 3.14. The average Bonchev–Trinajstić information content (AvgIpc) is 3.02. The molecule has 0 aliphatic heterocycles. The Labute approximate surface area is 112 Å². The van der Waals surface area contributed by atoms with Crippen LogP contribution in [0.25, 0.3) is 0 Å². The summed E-state index contributed by atoms with van der Waals surface area (Å²) < 4.78 is 0. The van der Waals surface area contributed by atoms with E-state index in [0.717, 1.165) is 25.9 Å². The van der Waals surface area contributed by atoms with Crippen molar-refractivity contribution < 1.29 is 0 Å². The van der Waals surface area contributed by atoms with Crippen LogP contribution in [0.5, 0.6) is 0 Å². The van der Waals surface area contributed by atoms with Gasteiger partial charge in [-0.1, -0.05) is 31.2 Å². The Hall–Kier alpha value is -1.19. The van der Waals surface area contributed by atoms with Gasteiger partial charge in [-0.25, -0.2) is 4.98 Å². The first kappa shape index (κ1) is 11.9. The second-order valence-corrected chi connectivity index (χ2v) is 5.97. The monoisotopic (exact) mass is 258 g/mol. The molecule has 0 saturated carbocycles. The number of thiazole rings is 1. The highest BCUT2D eigenvalue weighted by molar-refractivity contribution is 7.11. The molecule has 18 heavy (non-hydrogen) atoms. The van der Waals surface area contributed by atoms with E-state index in [1.54, 1.807) is 0 Å². The number of fused-ring (bicyclic) bond motifs is 1. The van der Waals surface area contributed by atoms with E-state index in [4.69, 9.17) is 0 Å². The molecular weight excluding hydrogens is 240 g/mol. The van der Waals surface area contributed by atoms with Gasteiger partial charge in [-0.15, -0.1) is 11.3 Å². The predicted molar refractivity (Wildman–Crippen MR) is 76.1 cm³/mol. The third-order valence-electron chi connectivity index (χ3n) is 3.52. The zero-order chi connectivity index (χ0) is 12.4. The highest BCUT2D eigenvalue weighted by Gasteiger charge is 2.24. The molecule has 1 aliphatic rings. The molecule has 0 atom stereocenters. The Bertz CT molecular complexity index is 508. The first-order chi connectivity index (χ1) is 8.86. The molecule has 94 valence electrons. The van der Waals surface area contributed by atoms with Crippen LogP contribution in [0.3, 0.4) is 0 Å². The summed E-state index contributed by atoms with van der Waals surface area (Å²) in [5, 5.41) is 4.66. The second-order valence-electron chi connectivity index (χ2n) is 4.82. The standard InChI is InChI=1S/C15H18N2S/c1-2-16-9-14-10-17-15(18-14)13-7-11-5-3-4-6-12(11)8-13/h3-6,10,13,16H,2,7-9H2,1H3. The van der Waals surface area contributed by atoms with E-state index in [9.17, 15) is 0 Å². The van der Waals surface area contributed by atoms with Gasteiger partial charge in [0.1, 0.15) is 0 Å². The smallest absolute Gasteiger partial charge is 0.0965 e. The fourth-order valence-electron chi connectivity index (χ4n) is 2.57. The third-order valence-corrected chi connectivity index (χ3v) is 4.68. The maximum absolute atomic E-state index is 4.61. The lowest BCUT2D eigenvalue weighted by atomic mass is 10.1. The highest BCUT2D eigenvalue weighted by Crippen LogP contribution is 2.35. The summed E-state index contributed by atoms with van der Waals surface area (Å²) in [4.78, 5) is 5.96. The lowest BCUT2D eigenvalue weighted by molar-refractivity contribution is 0.730. The van der Waals surface area contributed by atoms with Crippen LogP contribution in [0, 0.1) is 0 Å². The molecule has 2 nitrogen and oxygen atoms in total. The van der Waals surface area contributed by atoms with Crippen molar-refractivity contribution >= 4 is 11.3 Å². The Morgan fingerprint density at radius 2 is 2.00 bits per heavy atom. The van der Waals surface area contributed by atoms with Crippen molar-refractivity contribution in [2.45, 2.75) is 32.2 Å². The molecule has 0 amide bonds. The van der Waals surface area contributed by atoms with Gasteiger partial charge in [0.2, 0.25) is 0 Å². The Morgan fingerprint density at radius 1 is 1.28 bits per heavy atom. The molecule has 0 spiro atoms. The molecule has 1 aromatic carbocycles. The summed E-state index contributed by atoms with van der Waals surface area (Å²) in [6.07, 6.45) is 4.35. The average molecular weight is 258 g/mol. The van der Waals surface area contributed by atoms with Gasteiger partial charge >= 0.3 is 0 Å².